The number of anilines is 1. The Bertz CT molecular complexity index is 793. The number of hydrogen-bond donors (Lipinski definition) is 1. The van der Waals surface area contributed by atoms with Crippen molar-refractivity contribution in [3.63, 3.8) is 0 Å². The molecule has 2 aromatic carbocycles. The Balaban J connectivity index is 1.65. The number of ether oxygens (including phenoxy) is 3. The van der Waals surface area contributed by atoms with Crippen molar-refractivity contribution in [2.75, 3.05) is 25.1 Å². The molecule has 0 fully saturated rings. The van der Waals surface area contributed by atoms with E-state index < -0.39 is 0 Å². The van der Waals surface area contributed by atoms with Gasteiger partial charge in [-0.15, -0.1) is 0 Å². The van der Waals surface area contributed by atoms with E-state index in [1.165, 1.54) is 0 Å². The Morgan fingerprint density at radius 2 is 1.92 bits per heavy atom. The highest BCUT2D eigenvalue weighted by atomic mass is 35.5. The Morgan fingerprint density at radius 1 is 1.23 bits per heavy atom. The van der Waals surface area contributed by atoms with Crippen molar-refractivity contribution in [1.82, 2.24) is 0 Å². The van der Waals surface area contributed by atoms with Gasteiger partial charge in [-0.25, -0.2) is 0 Å². The second-order valence-corrected chi connectivity index (χ2v) is 6.57. The van der Waals surface area contributed by atoms with Crippen LogP contribution in [-0.4, -0.2) is 25.7 Å². The zero-order valence-electron chi connectivity index (χ0n) is 14.9. The van der Waals surface area contributed by atoms with Crippen molar-refractivity contribution in [3.05, 3.63) is 47.0 Å². The standard InChI is InChI=1S/C20H22ClNO4/c1-3-13(2)14-6-4-5-7-17(14)26-12-20(23)22-16-11-19-18(10-15(16)21)24-8-9-25-19/h4-7,10-11,13H,3,8-9,12H2,1-2H3,(H,22,23). The molecular formula is C20H22ClNO4. The molecule has 0 spiro atoms. The third-order valence-electron chi connectivity index (χ3n) is 4.33. The molecule has 0 aliphatic carbocycles. The van der Waals surface area contributed by atoms with Crippen LogP contribution in [0.5, 0.6) is 17.2 Å². The molecule has 1 aliphatic heterocycles. The monoisotopic (exact) mass is 375 g/mol. The second kappa shape index (κ2) is 8.32. The zero-order chi connectivity index (χ0) is 18.5. The van der Waals surface area contributed by atoms with Crippen LogP contribution in [0.4, 0.5) is 5.69 Å². The summed E-state index contributed by atoms with van der Waals surface area (Å²) in [5.74, 6) is 1.95. The molecule has 1 atom stereocenters. The highest BCUT2D eigenvalue weighted by Gasteiger charge is 2.17. The number of fused-ring (bicyclic) bond motifs is 1. The number of benzene rings is 2. The minimum atomic E-state index is -0.289. The number of para-hydroxylation sites is 1. The highest BCUT2D eigenvalue weighted by molar-refractivity contribution is 6.34. The highest BCUT2D eigenvalue weighted by Crippen LogP contribution is 2.38. The van der Waals surface area contributed by atoms with Crippen molar-refractivity contribution in [3.8, 4) is 17.2 Å². The smallest absolute Gasteiger partial charge is 0.262 e. The van der Waals surface area contributed by atoms with Crippen LogP contribution in [-0.2, 0) is 4.79 Å². The molecule has 1 N–H and O–H groups in total. The Labute approximate surface area is 158 Å². The van der Waals surface area contributed by atoms with Gasteiger partial charge >= 0.3 is 0 Å². The largest absolute Gasteiger partial charge is 0.486 e. The third-order valence-corrected chi connectivity index (χ3v) is 4.64. The first-order valence-corrected chi connectivity index (χ1v) is 9.07. The number of nitrogens with one attached hydrogen (secondary N) is 1. The van der Waals surface area contributed by atoms with Crippen LogP contribution in [0.25, 0.3) is 0 Å². The van der Waals surface area contributed by atoms with E-state index in [0.29, 0.717) is 41.3 Å². The van der Waals surface area contributed by atoms with E-state index in [9.17, 15) is 4.79 Å². The van der Waals surface area contributed by atoms with E-state index in [0.717, 1.165) is 17.7 Å². The van der Waals surface area contributed by atoms with Crippen molar-refractivity contribution >= 4 is 23.2 Å². The molecule has 0 aromatic heterocycles. The number of hydrogen-bond acceptors (Lipinski definition) is 4. The van der Waals surface area contributed by atoms with Gasteiger partial charge in [0.15, 0.2) is 18.1 Å². The zero-order valence-corrected chi connectivity index (χ0v) is 15.6. The number of rotatable bonds is 6. The minimum Gasteiger partial charge on any atom is -0.486 e. The fourth-order valence-electron chi connectivity index (χ4n) is 2.73. The molecule has 1 heterocycles. The van der Waals surface area contributed by atoms with Crippen molar-refractivity contribution < 1.29 is 19.0 Å². The molecular weight excluding hydrogens is 354 g/mol. The van der Waals surface area contributed by atoms with Crippen molar-refractivity contribution in [2.45, 2.75) is 26.2 Å². The van der Waals surface area contributed by atoms with Gasteiger partial charge in [-0.05, 0) is 24.0 Å². The molecule has 0 saturated carbocycles. The number of carbonyl (C=O) groups excluding carboxylic acids is 1. The van der Waals surface area contributed by atoms with Crippen LogP contribution < -0.4 is 19.5 Å². The first-order chi connectivity index (χ1) is 12.6. The summed E-state index contributed by atoms with van der Waals surface area (Å²) >= 11 is 6.22. The summed E-state index contributed by atoms with van der Waals surface area (Å²) < 4.78 is 16.7. The predicted molar refractivity (Wildman–Crippen MR) is 102 cm³/mol. The molecule has 138 valence electrons. The molecule has 1 unspecified atom stereocenters. The lowest BCUT2D eigenvalue weighted by atomic mass is 9.98. The molecule has 26 heavy (non-hydrogen) atoms. The van der Waals surface area contributed by atoms with Crippen molar-refractivity contribution in [1.29, 1.82) is 0 Å². The van der Waals surface area contributed by atoms with E-state index in [2.05, 4.69) is 19.2 Å². The van der Waals surface area contributed by atoms with E-state index in [4.69, 9.17) is 25.8 Å². The van der Waals surface area contributed by atoms with Crippen LogP contribution in [0.2, 0.25) is 5.02 Å². The van der Waals surface area contributed by atoms with Gasteiger partial charge in [0.05, 0.1) is 10.7 Å². The lowest BCUT2D eigenvalue weighted by molar-refractivity contribution is -0.118. The van der Waals surface area contributed by atoms with Gasteiger partial charge in [0.2, 0.25) is 0 Å². The Morgan fingerprint density at radius 3 is 2.65 bits per heavy atom. The quantitative estimate of drug-likeness (QED) is 0.798. The molecule has 0 radical (unpaired) electrons. The molecule has 6 heteroatoms. The first-order valence-electron chi connectivity index (χ1n) is 8.69. The van der Waals surface area contributed by atoms with E-state index in [-0.39, 0.29) is 12.5 Å². The Hall–Kier alpha value is -2.40. The van der Waals surface area contributed by atoms with Gasteiger partial charge in [-0.3, -0.25) is 4.79 Å². The van der Waals surface area contributed by atoms with Gasteiger partial charge in [0, 0.05) is 12.1 Å². The van der Waals surface area contributed by atoms with Gasteiger partial charge < -0.3 is 19.5 Å². The summed E-state index contributed by atoms with van der Waals surface area (Å²) in [6, 6.07) is 11.1. The average Bonchev–Trinajstić information content (AvgIpc) is 2.66. The van der Waals surface area contributed by atoms with Gasteiger partial charge in [0.25, 0.3) is 5.91 Å². The minimum absolute atomic E-state index is 0.0990. The topological polar surface area (TPSA) is 56.8 Å². The van der Waals surface area contributed by atoms with E-state index in [1.54, 1.807) is 12.1 Å². The molecule has 1 aliphatic rings. The van der Waals surface area contributed by atoms with Gasteiger partial charge in [-0.2, -0.15) is 0 Å². The third kappa shape index (κ3) is 4.22. The molecule has 3 rings (SSSR count). The Kier molecular flexibility index (Phi) is 5.89. The summed E-state index contributed by atoms with van der Waals surface area (Å²) in [5, 5.41) is 3.15. The molecule has 0 saturated heterocycles. The lowest BCUT2D eigenvalue weighted by Gasteiger charge is -2.20. The molecule has 2 aromatic rings. The summed E-state index contributed by atoms with van der Waals surface area (Å²) in [5.41, 5.74) is 1.57. The summed E-state index contributed by atoms with van der Waals surface area (Å²) in [4.78, 5) is 12.3. The normalized spacial score (nSPS) is 13.8. The van der Waals surface area contributed by atoms with E-state index >= 15 is 0 Å². The fraction of sp³-hybridized carbons (Fsp3) is 0.350. The van der Waals surface area contributed by atoms with Crippen LogP contribution >= 0.6 is 11.6 Å². The SMILES string of the molecule is CCC(C)c1ccccc1OCC(=O)Nc1cc2c(cc1Cl)OCCO2. The summed E-state index contributed by atoms with van der Waals surface area (Å²) in [7, 11) is 0. The molecule has 1 amide bonds. The lowest BCUT2D eigenvalue weighted by Crippen LogP contribution is -2.21. The number of halogens is 1. The maximum atomic E-state index is 12.3. The summed E-state index contributed by atoms with van der Waals surface area (Å²) in [6.07, 6.45) is 0.999. The maximum Gasteiger partial charge on any atom is 0.262 e. The summed E-state index contributed by atoms with van der Waals surface area (Å²) in [6.45, 7) is 5.11. The average molecular weight is 376 g/mol. The predicted octanol–water partition coefficient (Wildman–Crippen LogP) is 4.64. The van der Waals surface area contributed by atoms with Crippen LogP contribution in [0.3, 0.4) is 0 Å². The van der Waals surface area contributed by atoms with Crippen LogP contribution in [0.15, 0.2) is 36.4 Å². The van der Waals surface area contributed by atoms with Crippen LogP contribution in [0, 0.1) is 0 Å². The van der Waals surface area contributed by atoms with Gasteiger partial charge in [0.1, 0.15) is 19.0 Å². The van der Waals surface area contributed by atoms with Gasteiger partial charge in [-0.1, -0.05) is 43.6 Å². The molecule has 0 bridgehead atoms. The maximum absolute atomic E-state index is 12.3. The first kappa shape index (κ1) is 18.4. The fourth-order valence-corrected chi connectivity index (χ4v) is 2.93. The second-order valence-electron chi connectivity index (χ2n) is 6.16. The molecule has 5 nitrogen and oxygen atoms in total. The van der Waals surface area contributed by atoms with Crippen LogP contribution in [0.1, 0.15) is 31.7 Å². The van der Waals surface area contributed by atoms with Crippen molar-refractivity contribution in [2.24, 2.45) is 0 Å². The number of amides is 1. The van der Waals surface area contributed by atoms with E-state index in [1.807, 2.05) is 24.3 Å². The number of carbonyl (C=O) groups is 1.